The zero-order chi connectivity index (χ0) is 21.4. The van der Waals surface area contributed by atoms with Crippen LogP contribution in [-0.4, -0.2) is 44.5 Å². The lowest BCUT2D eigenvalue weighted by molar-refractivity contribution is 0.0787. The van der Waals surface area contributed by atoms with Gasteiger partial charge in [0.1, 0.15) is 5.65 Å². The van der Waals surface area contributed by atoms with Gasteiger partial charge in [-0.15, -0.1) is 0 Å². The zero-order valence-electron chi connectivity index (χ0n) is 17.9. The van der Waals surface area contributed by atoms with Crippen LogP contribution in [0.4, 0.5) is 0 Å². The van der Waals surface area contributed by atoms with E-state index in [0.717, 1.165) is 44.5 Å². The molecule has 2 N–H and O–H groups in total. The molecule has 0 radical (unpaired) electrons. The molecule has 0 bridgehead atoms. The summed E-state index contributed by atoms with van der Waals surface area (Å²) in [6.45, 7) is 7.86. The molecule has 1 aliphatic heterocycles. The number of aryl methyl sites for hydroxylation is 1. The van der Waals surface area contributed by atoms with E-state index in [0.29, 0.717) is 23.8 Å². The van der Waals surface area contributed by atoms with Crippen LogP contribution < -0.4 is 10.9 Å². The van der Waals surface area contributed by atoms with Gasteiger partial charge in [-0.25, -0.2) is 0 Å². The number of carbonyl (C=O) groups is 1. The van der Waals surface area contributed by atoms with Gasteiger partial charge in [-0.3, -0.25) is 14.2 Å². The van der Waals surface area contributed by atoms with Crippen LogP contribution in [0.3, 0.4) is 0 Å². The van der Waals surface area contributed by atoms with Gasteiger partial charge >= 0.3 is 0 Å². The maximum atomic E-state index is 13.1. The van der Waals surface area contributed by atoms with Gasteiger partial charge in [-0.2, -0.15) is 9.61 Å². The first-order chi connectivity index (χ1) is 14.4. The highest BCUT2D eigenvalue weighted by atomic mass is 16.5. The number of fused-ring (bicyclic) bond motifs is 1. The van der Waals surface area contributed by atoms with E-state index in [2.05, 4.69) is 16.5 Å². The zero-order valence-corrected chi connectivity index (χ0v) is 17.9. The molecule has 1 aliphatic carbocycles. The molecule has 1 saturated carbocycles. The van der Waals surface area contributed by atoms with E-state index in [1.165, 1.54) is 4.52 Å². The van der Waals surface area contributed by atoms with Crippen molar-refractivity contribution in [2.45, 2.75) is 59.0 Å². The minimum absolute atomic E-state index is 0.0860. The molecule has 8 nitrogen and oxygen atoms in total. The van der Waals surface area contributed by atoms with Crippen LogP contribution in [0, 0.1) is 18.8 Å². The van der Waals surface area contributed by atoms with Crippen molar-refractivity contribution in [1.82, 2.24) is 19.5 Å². The Morgan fingerprint density at radius 1 is 1.30 bits per heavy atom. The molecule has 0 unspecified atom stereocenters. The van der Waals surface area contributed by atoms with Crippen molar-refractivity contribution in [1.29, 1.82) is 0 Å². The average molecular weight is 415 g/mol. The number of nitrogens with zero attached hydrogens (tertiary/aromatic N) is 3. The second-order valence-electron chi connectivity index (χ2n) is 8.80. The summed E-state index contributed by atoms with van der Waals surface area (Å²) in [5.41, 5.74) is 1.18. The number of ether oxygens (including phenoxy) is 1. The lowest BCUT2D eigenvalue weighted by atomic mass is 9.99. The van der Waals surface area contributed by atoms with Gasteiger partial charge in [0.05, 0.1) is 5.69 Å². The molecular weight excluding hydrogens is 384 g/mol. The Hall–Kier alpha value is -2.61. The number of amides is 1. The summed E-state index contributed by atoms with van der Waals surface area (Å²) in [7, 11) is 0. The number of rotatable bonds is 6. The van der Waals surface area contributed by atoms with Gasteiger partial charge in [-0.1, -0.05) is 26.0 Å². The molecule has 2 aromatic heterocycles. The third-order valence-corrected chi connectivity index (χ3v) is 5.71. The van der Waals surface area contributed by atoms with E-state index in [-0.39, 0.29) is 23.4 Å². The molecule has 0 aromatic carbocycles. The third kappa shape index (κ3) is 4.01. The molecule has 1 amide bonds. The summed E-state index contributed by atoms with van der Waals surface area (Å²) in [5, 5.41) is 18.2. The number of allylic oxidation sites excluding steroid dienone is 1. The third-order valence-electron chi connectivity index (χ3n) is 5.71. The number of hydrogen-bond acceptors (Lipinski definition) is 5. The van der Waals surface area contributed by atoms with Crippen LogP contribution in [0.2, 0.25) is 0 Å². The molecule has 3 heterocycles. The van der Waals surface area contributed by atoms with Crippen molar-refractivity contribution in [2.24, 2.45) is 11.8 Å². The van der Waals surface area contributed by atoms with E-state index in [4.69, 9.17) is 4.74 Å². The van der Waals surface area contributed by atoms with E-state index < -0.39 is 11.5 Å². The molecule has 0 atom stereocenters. The minimum atomic E-state index is -0.588. The van der Waals surface area contributed by atoms with Crippen molar-refractivity contribution in [2.75, 3.05) is 13.2 Å². The maximum absolute atomic E-state index is 13.1. The topological polar surface area (TPSA) is 97.9 Å². The molecule has 8 heteroatoms. The number of aromatic hydroxyl groups is 1. The highest BCUT2D eigenvalue weighted by Crippen LogP contribution is 2.27. The van der Waals surface area contributed by atoms with Crippen molar-refractivity contribution in [3.63, 3.8) is 0 Å². The fourth-order valence-electron chi connectivity index (χ4n) is 3.92. The maximum Gasteiger partial charge on any atom is 0.291 e. The van der Waals surface area contributed by atoms with Crippen LogP contribution in [-0.2, 0) is 11.3 Å². The number of nitrogens with one attached hydrogen (secondary N) is 1. The van der Waals surface area contributed by atoms with Gasteiger partial charge in [0, 0.05) is 31.4 Å². The van der Waals surface area contributed by atoms with Crippen LogP contribution in [0.25, 0.3) is 11.7 Å². The summed E-state index contributed by atoms with van der Waals surface area (Å²) in [6, 6.07) is 0.0860. The summed E-state index contributed by atoms with van der Waals surface area (Å²) in [4.78, 5) is 25.8. The average Bonchev–Trinajstić information content (AvgIpc) is 3.45. The molecule has 162 valence electrons. The summed E-state index contributed by atoms with van der Waals surface area (Å²) < 4.78 is 8.34. The predicted molar refractivity (Wildman–Crippen MR) is 114 cm³/mol. The molecule has 2 aromatic rings. The lowest BCUT2D eigenvalue weighted by Crippen LogP contribution is -2.34. The summed E-state index contributed by atoms with van der Waals surface area (Å²) in [6.07, 6.45) is 7.86. The van der Waals surface area contributed by atoms with Crippen molar-refractivity contribution >= 4 is 17.6 Å². The standard InChI is InChI=1S/C22H30N4O4/c1-13(2)12-25-20-17(7-4-15-8-10-30-11-9-15)14(3)24-26(20)22(29)18(21(25)28)19(27)23-16-5-6-16/h4,7,13,15-16,28H,5-6,8-12H2,1-3H3,(H,23,27). The summed E-state index contributed by atoms with van der Waals surface area (Å²) in [5.74, 6) is -0.216. The van der Waals surface area contributed by atoms with E-state index in [1.807, 2.05) is 26.8 Å². The fraction of sp³-hybridized carbons (Fsp3) is 0.591. The Morgan fingerprint density at radius 3 is 2.63 bits per heavy atom. The van der Waals surface area contributed by atoms with E-state index in [1.54, 1.807) is 4.57 Å². The molecule has 0 spiro atoms. The smallest absolute Gasteiger partial charge is 0.291 e. The van der Waals surface area contributed by atoms with Gasteiger partial charge in [0.25, 0.3) is 11.5 Å². The van der Waals surface area contributed by atoms with Crippen LogP contribution >= 0.6 is 0 Å². The van der Waals surface area contributed by atoms with E-state index in [9.17, 15) is 14.7 Å². The Morgan fingerprint density at radius 2 is 2.00 bits per heavy atom. The largest absolute Gasteiger partial charge is 0.494 e. The van der Waals surface area contributed by atoms with Crippen molar-refractivity contribution in [3.8, 4) is 5.88 Å². The van der Waals surface area contributed by atoms with Crippen LogP contribution in [0.1, 0.15) is 61.1 Å². The van der Waals surface area contributed by atoms with Crippen LogP contribution in [0.15, 0.2) is 10.9 Å². The van der Waals surface area contributed by atoms with Gasteiger partial charge in [-0.05, 0) is 44.4 Å². The number of hydrogen-bond donors (Lipinski definition) is 2. The Balaban J connectivity index is 1.85. The van der Waals surface area contributed by atoms with Crippen LogP contribution in [0.5, 0.6) is 5.88 Å². The minimum Gasteiger partial charge on any atom is -0.494 e. The van der Waals surface area contributed by atoms with Crippen molar-refractivity contribution < 1.29 is 14.6 Å². The van der Waals surface area contributed by atoms with Crippen molar-refractivity contribution in [3.05, 3.63) is 33.3 Å². The monoisotopic (exact) mass is 414 g/mol. The molecule has 4 rings (SSSR count). The molecule has 30 heavy (non-hydrogen) atoms. The van der Waals surface area contributed by atoms with Gasteiger partial charge in [0.2, 0.25) is 5.88 Å². The molecular formula is C22H30N4O4. The first-order valence-electron chi connectivity index (χ1n) is 10.8. The second-order valence-corrected chi connectivity index (χ2v) is 8.80. The Kier molecular flexibility index (Phi) is 5.69. The molecule has 1 saturated heterocycles. The summed E-state index contributed by atoms with van der Waals surface area (Å²) >= 11 is 0. The highest BCUT2D eigenvalue weighted by molar-refractivity contribution is 5.96. The predicted octanol–water partition coefficient (Wildman–Crippen LogP) is 2.50. The van der Waals surface area contributed by atoms with Gasteiger partial charge < -0.3 is 15.2 Å². The van der Waals surface area contributed by atoms with Gasteiger partial charge in [0.15, 0.2) is 5.56 Å². The lowest BCUT2D eigenvalue weighted by Gasteiger charge is -2.19. The first-order valence-corrected chi connectivity index (χ1v) is 10.8. The molecule has 2 aliphatic rings. The first kappa shape index (κ1) is 20.7. The SMILES string of the molecule is Cc1nn2c(=O)c(C(=O)NC3CC3)c(O)n(CC(C)C)c2c1C=CC1CCOCC1. The molecule has 2 fully saturated rings. The second kappa shape index (κ2) is 8.26. The Labute approximate surface area is 175 Å². The number of carbonyl (C=O) groups excluding carboxylic acids is 1. The normalized spacial score (nSPS) is 18.0. The quantitative estimate of drug-likeness (QED) is 0.757. The fourth-order valence-corrected chi connectivity index (χ4v) is 3.92. The Bertz CT molecular complexity index is 1040. The number of aromatic nitrogens is 3. The van der Waals surface area contributed by atoms with E-state index >= 15 is 0 Å². The highest BCUT2D eigenvalue weighted by Gasteiger charge is 2.30.